The van der Waals surface area contributed by atoms with Gasteiger partial charge in [-0.05, 0) is 58.2 Å². The summed E-state index contributed by atoms with van der Waals surface area (Å²) in [5.41, 5.74) is 0. The fourth-order valence-corrected chi connectivity index (χ4v) is 5.83. The molecule has 0 saturated carbocycles. The Morgan fingerprint density at radius 1 is 0.966 bits per heavy atom. The molecule has 7 nitrogen and oxygen atoms in total. The molecule has 0 spiro atoms. The summed E-state index contributed by atoms with van der Waals surface area (Å²) in [6, 6.07) is 0.219. The van der Waals surface area contributed by atoms with Crippen molar-refractivity contribution in [2.24, 2.45) is 7.05 Å². The molecule has 1 atom stereocenters. The Morgan fingerprint density at radius 2 is 1.69 bits per heavy atom. The van der Waals surface area contributed by atoms with Gasteiger partial charge in [0.25, 0.3) is 0 Å². The molecule has 4 heterocycles. The van der Waals surface area contributed by atoms with E-state index in [4.69, 9.17) is 0 Å². The zero-order valence-corrected chi connectivity index (χ0v) is 18.7. The third-order valence-electron chi connectivity index (χ3n) is 6.66. The van der Waals surface area contributed by atoms with Crippen LogP contribution in [0.5, 0.6) is 0 Å². The normalized spacial score (nSPS) is 24.3. The summed E-state index contributed by atoms with van der Waals surface area (Å²) in [7, 11) is 2.08. The van der Waals surface area contributed by atoms with Crippen molar-refractivity contribution in [1.29, 1.82) is 0 Å². The van der Waals surface area contributed by atoms with Crippen LogP contribution in [0, 0.1) is 0 Å². The van der Waals surface area contributed by atoms with Crippen LogP contribution in [0.15, 0.2) is 5.16 Å². The van der Waals surface area contributed by atoms with Gasteiger partial charge in [0.2, 0.25) is 5.91 Å². The fraction of sp³-hybridized carbons (Fsp3) is 0.857. The molecular weight excluding hydrogens is 384 g/mol. The maximum absolute atomic E-state index is 12.9. The largest absolute Gasteiger partial charge is 0.342 e. The summed E-state index contributed by atoms with van der Waals surface area (Å²) in [5.74, 6) is 2.38. The zero-order valence-electron chi connectivity index (χ0n) is 17.9. The number of likely N-dealkylation sites (tertiary alicyclic amines) is 3. The van der Waals surface area contributed by atoms with E-state index in [0.717, 1.165) is 68.6 Å². The Bertz CT molecular complexity index is 666. The lowest BCUT2D eigenvalue weighted by Gasteiger charge is -2.27. The minimum absolute atomic E-state index is 0.219. The summed E-state index contributed by atoms with van der Waals surface area (Å²) in [6.07, 6.45) is 9.69. The molecule has 0 radical (unpaired) electrons. The van der Waals surface area contributed by atoms with E-state index in [-0.39, 0.29) is 6.04 Å². The van der Waals surface area contributed by atoms with E-state index in [1.807, 2.05) is 11.8 Å². The Labute approximate surface area is 179 Å². The molecule has 1 amide bonds. The van der Waals surface area contributed by atoms with Gasteiger partial charge in [-0.3, -0.25) is 9.69 Å². The van der Waals surface area contributed by atoms with E-state index >= 15 is 0 Å². The molecule has 1 aromatic heterocycles. The van der Waals surface area contributed by atoms with Crippen molar-refractivity contribution in [3.63, 3.8) is 0 Å². The summed E-state index contributed by atoms with van der Waals surface area (Å²) in [6.45, 7) is 6.98. The first-order valence-electron chi connectivity index (χ1n) is 11.5. The first-order valence-corrected chi connectivity index (χ1v) is 12.5. The van der Waals surface area contributed by atoms with Gasteiger partial charge in [-0.15, -0.1) is 10.2 Å². The maximum atomic E-state index is 12.9. The van der Waals surface area contributed by atoms with E-state index in [9.17, 15) is 4.79 Å². The molecular formula is C21H36N6OS. The second-order valence-electron chi connectivity index (χ2n) is 8.72. The van der Waals surface area contributed by atoms with Crippen LogP contribution in [-0.4, -0.2) is 86.9 Å². The van der Waals surface area contributed by atoms with Crippen LogP contribution in [0.25, 0.3) is 0 Å². The molecule has 1 aromatic rings. The average molecular weight is 421 g/mol. The highest BCUT2D eigenvalue weighted by Crippen LogP contribution is 2.32. The third kappa shape index (κ3) is 5.33. The monoisotopic (exact) mass is 420 g/mol. The number of hydrogen-bond donors (Lipinski definition) is 0. The quantitative estimate of drug-likeness (QED) is 0.632. The lowest BCUT2D eigenvalue weighted by atomic mass is 10.2. The lowest BCUT2D eigenvalue weighted by molar-refractivity contribution is -0.132. The van der Waals surface area contributed by atoms with Crippen LogP contribution < -0.4 is 0 Å². The number of thioether (sulfide) groups is 1. The van der Waals surface area contributed by atoms with Gasteiger partial charge in [-0.2, -0.15) is 0 Å². The van der Waals surface area contributed by atoms with Gasteiger partial charge in [-0.1, -0.05) is 24.6 Å². The zero-order chi connectivity index (χ0) is 20.1. The molecule has 3 fully saturated rings. The molecule has 0 unspecified atom stereocenters. The highest BCUT2D eigenvalue weighted by atomic mass is 32.2. The average Bonchev–Trinajstić information content (AvgIpc) is 3.41. The number of amides is 1. The summed E-state index contributed by atoms with van der Waals surface area (Å²) < 4.78 is 2.16. The molecule has 29 heavy (non-hydrogen) atoms. The van der Waals surface area contributed by atoms with Gasteiger partial charge in [0.05, 0.1) is 12.6 Å². The van der Waals surface area contributed by atoms with Gasteiger partial charge < -0.3 is 14.4 Å². The molecule has 0 bridgehead atoms. The highest BCUT2D eigenvalue weighted by Gasteiger charge is 2.32. The number of carbonyl (C=O) groups excluding carboxylic acids is 1. The molecule has 4 rings (SSSR count). The lowest BCUT2D eigenvalue weighted by Crippen LogP contribution is -2.41. The van der Waals surface area contributed by atoms with Crippen LogP contribution >= 0.6 is 11.8 Å². The number of hydrogen-bond acceptors (Lipinski definition) is 6. The SMILES string of the molecule is Cn1c(SCCN2CCCC2)nnc1[C@H]1CCCN1CC(=O)N1CCCCCC1. The Kier molecular flexibility index (Phi) is 7.48. The predicted molar refractivity (Wildman–Crippen MR) is 116 cm³/mol. The van der Waals surface area contributed by atoms with Crippen molar-refractivity contribution in [3.05, 3.63) is 5.82 Å². The van der Waals surface area contributed by atoms with E-state index in [1.165, 1.54) is 38.8 Å². The molecule has 0 N–H and O–H groups in total. The Hall–Kier alpha value is -1.12. The number of aromatic nitrogens is 3. The van der Waals surface area contributed by atoms with Gasteiger partial charge in [0, 0.05) is 32.4 Å². The number of carbonyl (C=O) groups is 1. The van der Waals surface area contributed by atoms with Gasteiger partial charge in [0.15, 0.2) is 11.0 Å². The minimum Gasteiger partial charge on any atom is -0.342 e. The van der Waals surface area contributed by atoms with Crippen molar-refractivity contribution < 1.29 is 4.79 Å². The summed E-state index contributed by atoms with van der Waals surface area (Å²) >= 11 is 1.81. The highest BCUT2D eigenvalue weighted by molar-refractivity contribution is 7.99. The van der Waals surface area contributed by atoms with E-state index in [0.29, 0.717) is 12.5 Å². The standard InChI is InChI=1S/C21H36N6OS/c1-24-20(22-23-21(24)29-16-15-25-10-6-7-11-25)18-9-8-14-27(18)17-19(28)26-12-4-2-3-5-13-26/h18H,2-17H2,1H3/t18-/m1/s1. The smallest absolute Gasteiger partial charge is 0.236 e. The molecule has 3 saturated heterocycles. The van der Waals surface area contributed by atoms with E-state index in [1.54, 1.807) is 0 Å². The molecule has 3 aliphatic heterocycles. The third-order valence-corrected chi connectivity index (χ3v) is 7.67. The van der Waals surface area contributed by atoms with Crippen molar-refractivity contribution >= 4 is 17.7 Å². The van der Waals surface area contributed by atoms with Gasteiger partial charge >= 0.3 is 0 Å². The molecule has 0 aliphatic carbocycles. The minimum atomic E-state index is 0.219. The molecule has 8 heteroatoms. The second kappa shape index (κ2) is 10.3. The van der Waals surface area contributed by atoms with Crippen molar-refractivity contribution in [2.75, 3.05) is 51.6 Å². The van der Waals surface area contributed by atoms with Crippen molar-refractivity contribution in [3.8, 4) is 0 Å². The second-order valence-corrected chi connectivity index (χ2v) is 9.78. The molecule has 0 aromatic carbocycles. The first kappa shape index (κ1) is 21.1. The molecule has 162 valence electrons. The Morgan fingerprint density at radius 3 is 2.45 bits per heavy atom. The van der Waals surface area contributed by atoms with E-state index < -0.39 is 0 Å². The number of rotatable bonds is 7. The van der Waals surface area contributed by atoms with Gasteiger partial charge in [0.1, 0.15) is 0 Å². The van der Waals surface area contributed by atoms with Crippen LogP contribution in [0.4, 0.5) is 0 Å². The maximum Gasteiger partial charge on any atom is 0.236 e. The van der Waals surface area contributed by atoms with Crippen molar-refractivity contribution in [2.45, 2.75) is 62.6 Å². The van der Waals surface area contributed by atoms with E-state index in [2.05, 4.69) is 36.5 Å². The number of nitrogens with zero attached hydrogens (tertiary/aromatic N) is 6. The van der Waals surface area contributed by atoms with Crippen LogP contribution in [0.3, 0.4) is 0 Å². The van der Waals surface area contributed by atoms with Crippen molar-refractivity contribution in [1.82, 2.24) is 29.5 Å². The predicted octanol–water partition coefficient (Wildman–Crippen LogP) is 2.54. The van der Waals surface area contributed by atoms with Crippen LogP contribution in [-0.2, 0) is 11.8 Å². The van der Waals surface area contributed by atoms with Gasteiger partial charge in [-0.25, -0.2) is 0 Å². The first-order chi connectivity index (χ1) is 14.2. The van der Waals surface area contributed by atoms with Crippen LogP contribution in [0.1, 0.15) is 63.2 Å². The Balaban J connectivity index is 1.33. The van der Waals surface area contributed by atoms with Crippen LogP contribution in [0.2, 0.25) is 0 Å². The molecule has 3 aliphatic rings. The summed E-state index contributed by atoms with van der Waals surface area (Å²) in [5, 5.41) is 10.0. The topological polar surface area (TPSA) is 57.5 Å². The fourth-order valence-electron chi connectivity index (χ4n) is 4.92. The summed E-state index contributed by atoms with van der Waals surface area (Å²) in [4.78, 5) is 19.8.